The molecule has 2 aliphatic heterocycles. The lowest BCUT2D eigenvalue weighted by Crippen LogP contribution is -2.54. The molecule has 3 atom stereocenters. The molecule has 0 radical (unpaired) electrons. The molecule has 2 aliphatic carbocycles. The van der Waals surface area contributed by atoms with Crippen molar-refractivity contribution in [2.75, 3.05) is 37.6 Å². The second kappa shape index (κ2) is 14.0. The lowest BCUT2D eigenvalue weighted by Gasteiger charge is -2.48. The molecule has 0 unspecified atom stereocenters. The minimum atomic E-state index is -3.21. The van der Waals surface area contributed by atoms with E-state index in [9.17, 15) is 22.9 Å². The molecule has 1 N–H and O–H groups in total. The zero-order valence-electron chi connectivity index (χ0n) is 26.5. The van der Waals surface area contributed by atoms with Crippen molar-refractivity contribution in [2.24, 2.45) is 23.2 Å². The number of halogens is 1. The summed E-state index contributed by atoms with van der Waals surface area (Å²) in [6.45, 7) is 13.6. The maximum Gasteiger partial charge on any atom is 0.243 e. The van der Waals surface area contributed by atoms with Crippen LogP contribution in [-0.2, 0) is 14.6 Å². The number of hydrogen-bond acceptors (Lipinski definition) is 6. The monoisotopic (exact) mass is 634 g/mol. The molecule has 0 bridgehead atoms. The van der Waals surface area contributed by atoms with Crippen LogP contribution in [0.4, 0.5) is 10.1 Å². The van der Waals surface area contributed by atoms with Gasteiger partial charge in [-0.2, -0.15) is 5.26 Å². The normalized spacial score (nSPS) is 25.5. The number of anilines is 1. The van der Waals surface area contributed by atoms with Gasteiger partial charge in [-0.15, -0.1) is 0 Å². The number of rotatable bonds is 12. The predicted molar refractivity (Wildman–Crippen MR) is 177 cm³/mol. The lowest BCUT2D eigenvalue weighted by molar-refractivity contribution is -0.117. The molecule has 0 aromatic heterocycles. The van der Waals surface area contributed by atoms with Crippen molar-refractivity contribution in [1.82, 2.24) is 10.2 Å². The summed E-state index contributed by atoms with van der Waals surface area (Å²) in [4.78, 5) is 17.5. The van der Waals surface area contributed by atoms with Crippen LogP contribution in [-0.4, -0.2) is 63.2 Å². The van der Waals surface area contributed by atoms with Gasteiger partial charge in [0.2, 0.25) is 5.91 Å². The highest BCUT2D eigenvalue weighted by atomic mass is 32.2. The Morgan fingerprint density at radius 3 is 2.33 bits per heavy atom. The molecule has 0 spiro atoms. The van der Waals surface area contributed by atoms with Gasteiger partial charge < -0.3 is 15.1 Å². The molecule has 2 saturated carbocycles. The molecule has 5 rings (SSSR count). The highest BCUT2D eigenvalue weighted by Gasteiger charge is 2.52. The Morgan fingerprint density at radius 2 is 1.76 bits per heavy atom. The Morgan fingerprint density at radius 1 is 1.09 bits per heavy atom. The fourth-order valence-corrected chi connectivity index (χ4v) is 9.99. The fraction of sp³-hybridized carbons (Fsp3) is 0.556. The molecule has 2 heterocycles. The van der Waals surface area contributed by atoms with Gasteiger partial charge in [0, 0.05) is 43.2 Å². The van der Waals surface area contributed by atoms with Crippen LogP contribution >= 0.6 is 0 Å². The zero-order valence-corrected chi connectivity index (χ0v) is 27.3. The van der Waals surface area contributed by atoms with Gasteiger partial charge in [-0.1, -0.05) is 32.1 Å². The maximum atomic E-state index is 14.7. The molecule has 7 nitrogen and oxygen atoms in total. The van der Waals surface area contributed by atoms with Gasteiger partial charge in [0.1, 0.15) is 5.83 Å². The lowest BCUT2D eigenvalue weighted by atomic mass is 9.59. The number of hydrogen-bond donors (Lipinski definition) is 1. The summed E-state index contributed by atoms with van der Waals surface area (Å²) in [5.41, 5.74) is 0.885. The molecule has 1 aromatic rings. The summed E-state index contributed by atoms with van der Waals surface area (Å²) in [7, 11) is -3.21. The highest BCUT2D eigenvalue weighted by Crippen LogP contribution is 2.53. The van der Waals surface area contributed by atoms with E-state index in [1.54, 1.807) is 12.1 Å². The first-order valence-electron chi connectivity index (χ1n) is 16.4. The second-order valence-electron chi connectivity index (χ2n) is 13.4. The number of likely N-dealkylation sites (tertiary alicyclic amines) is 1. The number of carbonyl (C=O) groups is 1. The maximum absolute atomic E-state index is 14.7. The first-order chi connectivity index (χ1) is 21.6. The molecule has 2 saturated heterocycles. The highest BCUT2D eigenvalue weighted by molar-refractivity contribution is 7.92. The summed E-state index contributed by atoms with van der Waals surface area (Å²) >= 11 is 0. The van der Waals surface area contributed by atoms with E-state index in [1.807, 2.05) is 19.1 Å². The quantitative estimate of drug-likeness (QED) is 0.220. The van der Waals surface area contributed by atoms with Crippen molar-refractivity contribution in [1.29, 1.82) is 5.26 Å². The van der Waals surface area contributed by atoms with E-state index >= 15 is 0 Å². The average molecular weight is 635 g/mol. The van der Waals surface area contributed by atoms with Crippen LogP contribution in [0.2, 0.25) is 0 Å². The number of piperidine rings is 1. The standard InChI is InChI=1S/C36H47FN4O3S/c1-4-8-29(37)21-26(3)36(25-38,33-11-7-12-34(33)39-35(42)5-2)28-17-19-40(20-18-28)22-27-23-41(24-27)30-13-15-32(16-14-30)45(43,44)31-9-6-10-31/h4-5,8,13-16,21,27-28,31,33-34H,1-2,6-7,9-12,17-20,22-24H2,3H3,(H,39,42)/b26-21+,29-8+/t33-,34-,36+/m0/s1. The van der Waals surface area contributed by atoms with E-state index in [-0.39, 0.29) is 29.0 Å². The molecule has 45 heavy (non-hydrogen) atoms. The Bertz CT molecular complexity index is 1460. The second-order valence-corrected chi connectivity index (χ2v) is 15.6. The number of nitrogens with zero attached hydrogens (tertiary/aromatic N) is 3. The molecule has 9 heteroatoms. The number of nitrogens with one attached hydrogen (secondary N) is 1. The summed E-state index contributed by atoms with van der Waals surface area (Å²) in [5, 5.41) is 13.7. The van der Waals surface area contributed by atoms with E-state index in [1.165, 1.54) is 24.3 Å². The van der Waals surface area contributed by atoms with Gasteiger partial charge >= 0.3 is 0 Å². The first kappa shape index (κ1) is 33.2. The third-order valence-corrected chi connectivity index (χ3v) is 13.1. The van der Waals surface area contributed by atoms with Gasteiger partial charge in [-0.05, 0) is 113 Å². The van der Waals surface area contributed by atoms with E-state index in [4.69, 9.17) is 0 Å². The Kier molecular flexibility index (Phi) is 10.3. The molecular formula is C36H47FN4O3S. The molecule has 1 aromatic carbocycles. The molecule has 4 fully saturated rings. The number of amides is 1. The molecule has 242 valence electrons. The number of nitriles is 1. The molecular weight excluding hydrogens is 587 g/mol. The van der Waals surface area contributed by atoms with Crippen LogP contribution < -0.4 is 10.2 Å². The van der Waals surface area contributed by atoms with Gasteiger partial charge in [0.15, 0.2) is 9.84 Å². The Labute approximate surface area is 268 Å². The van der Waals surface area contributed by atoms with Gasteiger partial charge in [0.05, 0.1) is 21.6 Å². The molecule has 1 amide bonds. The zero-order chi connectivity index (χ0) is 32.2. The topological polar surface area (TPSA) is 93.5 Å². The van der Waals surface area contributed by atoms with Gasteiger partial charge in [-0.25, -0.2) is 12.8 Å². The van der Waals surface area contributed by atoms with Crippen molar-refractivity contribution in [3.05, 3.63) is 73.1 Å². The van der Waals surface area contributed by atoms with Crippen molar-refractivity contribution in [2.45, 2.75) is 74.5 Å². The third-order valence-electron chi connectivity index (χ3n) is 10.8. The van der Waals surface area contributed by atoms with E-state index < -0.39 is 21.1 Å². The van der Waals surface area contributed by atoms with Gasteiger partial charge in [-0.3, -0.25) is 4.79 Å². The van der Waals surface area contributed by atoms with E-state index in [0.717, 1.165) is 89.8 Å². The van der Waals surface area contributed by atoms with Crippen LogP contribution in [0.25, 0.3) is 0 Å². The van der Waals surface area contributed by atoms with E-state index in [2.05, 4.69) is 34.3 Å². The minimum absolute atomic E-state index is 0.0467. The van der Waals surface area contributed by atoms with Crippen LogP contribution in [0.15, 0.2) is 78.0 Å². The van der Waals surface area contributed by atoms with E-state index in [0.29, 0.717) is 16.4 Å². The van der Waals surface area contributed by atoms with Crippen molar-refractivity contribution < 1.29 is 17.6 Å². The summed E-state index contributed by atoms with van der Waals surface area (Å²) in [5.74, 6) is -0.198. The summed E-state index contributed by atoms with van der Waals surface area (Å²) in [6.07, 6.45) is 12.2. The average Bonchev–Trinajstić information content (AvgIpc) is 3.43. The SMILES string of the molecule is C=C/C=C(F)\C=C(/C)[C@](C#N)(C1CCN(CC2CN(c3ccc(S(=O)(=O)C4CCC4)cc3)C2)CC1)[C@H]1CCC[C@@H]1NC(=O)C=C. The van der Waals surface area contributed by atoms with Crippen LogP contribution in [0.3, 0.4) is 0 Å². The number of allylic oxidation sites excluding steroid dienone is 5. The van der Waals surface area contributed by atoms with Crippen LogP contribution in [0.5, 0.6) is 0 Å². The largest absolute Gasteiger partial charge is 0.371 e. The van der Waals surface area contributed by atoms with Crippen molar-refractivity contribution in [3.8, 4) is 6.07 Å². The van der Waals surface area contributed by atoms with Crippen LogP contribution in [0.1, 0.15) is 58.3 Å². The minimum Gasteiger partial charge on any atom is -0.371 e. The Balaban J connectivity index is 1.21. The summed E-state index contributed by atoms with van der Waals surface area (Å²) < 4.78 is 40.2. The summed E-state index contributed by atoms with van der Waals surface area (Å²) in [6, 6.07) is 9.93. The first-order valence-corrected chi connectivity index (χ1v) is 18.0. The number of carbonyl (C=O) groups excluding carboxylic acids is 1. The van der Waals surface area contributed by atoms with Crippen molar-refractivity contribution >= 4 is 21.4 Å². The smallest absolute Gasteiger partial charge is 0.243 e. The Hall–Kier alpha value is -3.22. The fourth-order valence-electron chi connectivity index (χ4n) is 8.14. The van der Waals surface area contributed by atoms with Gasteiger partial charge in [0.25, 0.3) is 0 Å². The molecule has 4 aliphatic rings. The third kappa shape index (κ3) is 6.83. The van der Waals surface area contributed by atoms with Crippen LogP contribution in [0, 0.1) is 34.5 Å². The number of sulfone groups is 1. The van der Waals surface area contributed by atoms with Crippen molar-refractivity contribution in [3.63, 3.8) is 0 Å². The number of benzene rings is 1. The predicted octanol–water partition coefficient (Wildman–Crippen LogP) is 6.13.